The van der Waals surface area contributed by atoms with Crippen LogP contribution in [0.4, 0.5) is 4.39 Å². The third kappa shape index (κ3) is 3.83. The number of nitriles is 1. The fourth-order valence-electron chi connectivity index (χ4n) is 3.09. The first-order valence-corrected chi connectivity index (χ1v) is 8.96. The Labute approximate surface area is 166 Å². The molecule has 1 heterocycles. The molecular formula is C24H15FN2O2. The van der Waals surface area contributed by atoms with Gasteiger partial charge in [0, 0.05) is 16.5 Å². The topological polar surface area (TPSA) is 63.0 Å². The molecule has 0 amide bonds. The first kappa shape index (κ1) is 18.3. The van der Waals surface area contributed by atoms with Gasteiger partial charge in [0.05, 0.1) is 28.4 Å². The highest BCUT2D eigenvalue weighted by molar-refractivity contribution is 6.04. The fourth-order valence-corrected chi connectivity index (χ4v) is 3.09. The minimum atomic E-state index is -0.514. The zero-order valence-electron chi connectivity index (χ0n) is 15.3. The number of benzene rings is 3. The van der Waals surface area contributed by atoms with Gasteiger partial charge in [-0.05, 0) is 42.5 Å². The molecule has 140 valence electrons. The van der Waals surface area contributed by atoms with E-state index < -0.39 is 5.97 Å². The van der Waals surface area contributed by atoms with Crippen LogP contribution < -0.4 is 0 Å². The van der Waals surface area contributed by atoms with Gasteiger partial charge >= 0.3 is 5.97 Å². The van der Waals surface area contributed by atoms with Crippen molar-refractivity contribution in [3.05, 3.63) is 101 Å². The largest absolute Gasteiger partial charge is 0.457 e. The lowest BCUT2D eigenvalue weighted by Gasteiger charge is -2.11. The molecule has 0 N–H and O–H groups in total. The van der Waals surface area contributed by atoms with Gasteiger partial charge in [-0.1, -0.05) is 36.4 Å². The molecule has 0 spiro atoms. The minimum Gasteiger partial charge on any atom is -0.457 e. The number of carbonyl (C=O) groups is 1. The van der Waals surface area contributed by atoms with Gasteiger partial charge in [-0.15, -0.1) is 0 Å². The Kier molecular flexibility index (Phi) is 5.00. The van der Waals surface area contributed by atoms with E-state index in [9.17, 15) is 14.4 Å². The highest BCUT2D eigenvalue weighted by atomic mass is 19.1. The van der Waals surface area contributed by atoms with Gasteiger partial charge in [-0.25, -0.2) is 14.2 Å². The van der Waals surface area contributed by atoms with Crippen molar-refractivity contribution < 1.29 is 13.9 Å². The number of para-hydroxylation sites is 1. The Balaban J connectivity index is 1.71. The SMILES string of the molecule is N#Cc1ccccc1COC(=O)c1cc(-c2ccc(F)cc2)nc2ccccc12. The summed E-state index contributed by atoms with van der Waals surface area (Å²) in [6, 6.07) is 23.9. The molecule has 0 aliphatic carbocycles. The molecule has 0 aliphatic heterocycles. The first-order chi connectivity index (χ1) is 14.2. The van der Waals surface area contributed by atoms with E-state index in [-0.39, 0.29) is 12.4 Å². The van der Waals surface area contributed by atoms with Crippen LogP contribution in [0.3, 0.4) is 0 Å². The number of esters is 1. The molecule has 4 aromatic rings. The van der Waals surface area contributed by atoms with E-state index in [0.717, 1.165) is 0 Å². The number of fused-ring (bicyclic) bond motifs is 1. The van der Waals surface area contributed by atoms with E-state index in [2.05, 4.69) is 11.1 Å². The highest BCUT2D eigenvalue weighted by Crippen LogP contribution is 2.26. The molecule has 0 atom stereocenters. The van der Waals surface area contributed by atoms with Crippen molar-refractivity contribution in [2.75, 3.05) is 0 Å². The Morgan fingerprint density at radius 2 is 1.72 bits per heavy atom. The molecule has 5 heteroatoms. The molecule has 29 heavy (non-hydrogen) atoms. The predicted octanol–water partition coefficient (Wildman–Crippen LogP) is 5.27. The van der Waals surface area contributed by atoms with Crippen molar-refractivity contribution in [1.82, 2.24) is 4.98 Å². The van der Waals surface area contributed by atoms with Crippen LogP contribution >= 0.6 is 0 Å². The van der Waals surface area contributed by atoms with Gasteiger partial charge in [0.25, 0.3) is 0 Å². The van der Waals surface area contributed by atoms with E-state index in [4.69, 9.17) is 4.74 Å². The van der Waals surface area contributed by atoms with Crippen LogP contribution in [0.25, 0.3) is 22.2 Å². The second-order valence-electron chi connectivity index (χ2n) is 6.42. The quantitative estimate of drug-likeness (QED) is 0.451. The molecule has 0 bridgehead atoms. The van der Waals surface area contributed by atoms with Gasteiger partial charge in [-0.3, -0.25) is 0 Å². The van der Waals surface area contributed by atoms with Crippen LogP contribution in [-0.2, 0) is 11.3 Å². The number of ether oxygens (including phenoxy) is 1. The van der Waals surface area contributed by atoms with Crippen LogP contribution in [0.15, 0.2) is 78.9 Å². The Morgan fingerprint density at radius 1 is 1.00 bits per heavy atom. The lowest BCUT2D eigenvalue weighted by molar-refractivity contribution is 0.0475. The molecule has 0 unspecified atom stereocenters. The zero-order chi connectivity index (χ0) is 20.2. The fraction of sp³-hybridized carbons (Fsp3) is 0.0417. The lowest BCUT2D eigenvalue weighted by Crippen LogP contribution is -2.08. The summed E-state index contributed by atoms with van der Waals surface area (Å²) in [5, 5.41) is 9.86. The van der Waals surface area contributed by atoms with E-state index in [0.29, 0.717) is 38.9 Å². The second kappa shape index (κ2) is 7.91. The van der Waals surface area contributed by atoms with Gasteiger partial charge in [-0.2, -0.15) is 5.26 Å². The van der Waals surface area contributed by atoms with Crippen molar-refractivity contribution >= 4 is 16.9 Å². The number of nitrogens with zero attached hydrogens (tertiary/aromatic N) is 2. The molecule has 4 nitrogen and oxygen atoms in total. The van der Waals surface area contributed by atoms with Crippen molar-refractivity contribution in [1.29, 1.82) is 5.26 Å². The molecule has 1 aromatic heterocycles. The lowest BCUT2D eigenvalue weighted by atomic mass is 10.0. The monoisotopic (exact) mass is 382 g/mol. The van der Waals surface area contributed by atoms with E-state index in [1.165, 1.54) is 12.1 Å². The summed E-state index contributed by atoms with van der Waals surface area (Å²) in [6.45, 7) is -0.00883. The molecule has 0 saturated heterocycles. The third-order valence-electron chi connectivity index (χ3n) is 4.57. The second-order valence-corrected chi connectivity index (χ2v) is 6.42. The van der Waals surface area contributed by atoms with E-state index in [1.54, 1.807) is 48.5 Å². The van der Waals surface area contributed by atoms with Crippen molar-refractivity contribution in [2.45, 2.75) is 6.61 Å². The summed E-state index contributed by atoms with van der Waals surface area (Å²) in [4.78, 5) is 17.5. The molecule has 0 fully saturated rings. The third-order valence-corrected chi connectivity index (χ3v) is 4.57. The van der Waals surface area contributed by atoms with Crippen LogP contribution in [-0.4, -0.2) is 11.0 Å². The highest BCUT2D eigenvalue weighted by Gasteiger charge is 2.16. The number of pyridine rings is 1. The molecule has 0 saturated carbocycles. The maximum Gasteiger partial charge on any atom is 0.339 e. The Bertz CT molecular complexity index is 1240. The van der Waals surface area contributed by atoms with Crippen LogP contribution in [0.1, 0.15) is 21.5 Å². The van der Waals surface area contributed by atoms with E-state index >= 15 is 0 Å². The predicted molar refractivity (Wildman–Crippen MR) is 107 cm³/mol. The van der Waals surface area contributed by atoms with Gasteiger partial charge in [0.1, 0.15) is 12.4 Å². The number of rotatable bonds is 4. The number of halogens is 1. The zero-order valence-corrected chi connectivity index (χ0v) is 15.3. The number of carbonyl (C=O) groups excluding carboxylic acids is 1. The molecule has 0 aliphatic rings. The van der Waals surface area contributed by atoms with Crippen LogP contribution in [0.5, 0.6) is 0 Å². The minimum absolute atomic E-state index is 0.00883. The molecular weight excluding hydrogens is 367 g/mol. The normalized spacial score (nSPS) is 10.5. The molecule has 4 rings (SSSR count). The van der Waals surface area contributed by atoms with Crippen molar-refractivity contribution in [3.8, 4) is 17.3 Å². The van der Waals surface area contributed by atoms with Crippen molar-refractivity contribution in [2.24, 2.45) is 0 Å². The Hall–Kier alpha value is -4.04. The Morgan fingerprint density at radius 3 is 2.52 bits per heavy atom. The maximum atomic E-state index is 13.3. The summed E-state index contributed by atoms with van der Waals surface area (Å²) in [5.74, 6) is -0.856. The van der Waals surface area contributed by atoms with Gasteiger partial charge in [0.15, 0.2) is 0 Å². The first-order valence-electron chi connectivity index (χ1n) is 8.96. The van der Waals surface area contributed by atoms with Gasteiger partial charge in [0.2, 0.25) is 0 Å². The molecule has 3 aromatic carbocycles. The van der Waals surface area contributed by atoms with Crippen molar-refractivity contribution in [3.63, 3.8) is 0 Å². The average molecular weight is 382 g/mol. The van der Waals surface area contributed by atoms with E-state index in [1.807, 2.05) is 18.2 Å². The summed E-state index contributed by atoms with van der Waals surface area (Å²) >= 11 is 0. The number of aromatic nitrogens is 1. The average Bonchev–Trinajstić information content (AvgIpc) is 2.77. The summed E-state index contributed by atoms with van der Waals surface area (Å²) in [6.07, 6.45) is 0. The molecule has 0 radical (unpaired) electrons. The smallest absolute Gasteiger partial charge is 0.339 e. The summed E-state index contributed by atoms with van der Waals surface area (Å²) in [5.41, 5.74) is 3.35. The summed E-state index contributed by atoms with van der Waals surface area (Å²) < 4.78 is 18.8. The number of hydrogen-bond acceptors (Lipinski definition) is 4. The standard InChI is InChI=1S/C24H15FN2O2/c25-19-11-9-16(10-12-19)23-13-21(20-7-3-4-8-22(20)27-23)24(28)29-15-18-6-2-1-5-17(18)14-26/h1-13H,15H2. The number of hydrogen-bond donors (Lipinski definition) is 0. The van der Waals surface area contributed by atoms with Gasteiger partial charge < -0.3 is 4.74 Å². The van der Waals surface area contributed by atoms with Crippen LogP contribution in [0, 0.1) is 17.1 Å². The summed E-state index contributed by atoms with van der Waals surface area (Å²) in [7, 11) is 0. The van der Waals surface area contributed by atoms with Crippen LogP contribution in [0.2, 0.25) is 0 Å². The maximum absolute atomic E-state index is 13.3.